The molecule has 0 spiro atoms. The van der Waals surface area contributed by atoms with Gasteiger partial charge in [-0.2, -0.15) is 0 Å². The van der Waals surface area contributed by atoms with Crippen molar-refractivity contribution in [3.05, 3.63) is 51.6 Å². The van der Waals surface area contributed by atoms with E-state index in [0.717, 1.165) is 20.3 Å². The first-order chi connectivity index (χ1) is 10.3. The number of nitrogens with two attached hydrogens (primary N) is 1. The lowest BCUT2D eigenvalue weighted by atomic mass is 10.2. The number of benzene rings is 1. The Labute approximate surface area is 134 Å². The first kappa shape index (κ1) is 14.4. The van der Waals surface area contributed by atoms with Crippen LogP contribution < -0.4 is 11.3 Å². The number of thiophene rings is 1. The maximum Gasteiger partial charge on any atom is 0.158 e. The zero-order valence-electron chi connectivity index (χ0n) is 11.0. The molecule has 7 heteroatoms. The lowest BCUT2D eigenvalue weighted by molar-refractivity contribution is 0.102. The van der Waals surface area contributed by atoms with E-state index in [9.17, 15) is 0 Å². The van der Waals surface area contributed by atoms with Crippen molar-refractivity contribution in [2.24, 2.45) is 5.84 Å². The average Bonchev–Trinajstić information content (AvgIpc) is 2.97. The molecule has 3 N–H and O–H groups in total. The first-order valence-electron chi connectivity index (χ1n) is 6.29. The third-order valence-electron chi connectivity index (χ3n) is 2.92. The number of nitrogen functional groups attached to an aromatic ring is 1. The second kappa shape index (κ2) is 6.48. The van der Waals surface area contributed by atoms with Crippen molar-refractivity contribution in [1.29, 1.82) is 0 Å². The van der Waals surface area contributed by atoms with Gasteiger partial charge in [0.1, 0.15) is 11.4 Å². The van der Waals surface area contributed by atoms with Crippen molar-refractivity contribution >= 4 is 43.3 Å². The third kappa shape index (κ3) is 3.38. The molecule has 0 saturated heterocycles. The Balaban J connectivity index is 1.68. The fourth-order valence-electron chi connectivity index (χ4n) is 1.91. The molecule has 108 valence electrons. The van der Waals surface area contributed by atoms with Crippen molar-refractivity contribution in [2.45, 2.75) is 13.2 Å². The molecular weight excluding hydrogens is 352 g/mol. The number of anilines is 1. The van der Waals surface area contributed by atoms with E-state index in [-0.39, 0.29) is 0 Å². The highest BCUT2D eigenvalue weighted by atomic mass is 79.9. The number of fused-ring (bicyclic) bond motifs is 1. The Morgan fingerprint density at radius 2 is 1.95 bits per heavy atom. The van der Waals surface area contributed by atoms with Crippen molar-refractivity contribution in [3.63, 3.8) is 0 Å². The number of aromatic nitrogens is 2. The zero-order chi connectivity index (χ0) is 14.7. The number of ether oxygens (including phenoxy) is 1. The summed E-state index contributed by atoms with van der Waals surface area (Å²) in [5.74, 6) is 6.75. The molecule has 1 aromatic carbocycles. The molecule has 0 saturated carbocycles. The summed E-state index contributed by atoms with van der Waals surface area (Å²) in [4.78, 5) is 9.74. The van der Waals surface area contributed by atoms with E-state index in [2.05, 4.69) is 31.3 Å². The minimum Gasteiger partial charge on any atom is -0.369 e. The monoisotopic (exact) mass is 364 g/mol. The molecule has 0 amide bonds. The predicted molar refractivity (Wildman–Crippen MR) is 87.9 cm³/mol. The number of nitrogens with one attached hydrogen (secondary N) is 1. The van der Waals surface area contributed by atoms with Gasteiger partial charge in [-0.1, -0.05) is 28.1 Å². The largest absolute Gasteiger partial charge is 0.369 e. The Bertz CT molecular complexity index is 744. The molecule has 2 aromatic heterocycles. The maximum atomic E-state index is 5.67. The fraction of sp³-hybridized carbons (Fsp3) is 0.143. The summed E-state index contributed by atoms with van der Waals surface area (Å²) >= 11 is 4.96. The molecule has 5 nitrogen and oxygen atoms in total. The average molecular weight is 365 g/mol. The summed E-state index contributed by atoms with van der Waals surface area (Å²) in [5, 5.41) is 2.89. The number of nitrogens with zero attached hydrogens (tertiary/aromatic N) is 2. The summed E-state index contributed by atoms with van der Waals surface area (Å²) in [7, 11) is 0. The van der Waals surface area contributed by atoms with Crippen molar-refractivity contribution in [3.8, 4) is 0 Å². The van der Waals surface area contributed by atoms with Gasteiger partial charge in [-0.05, 0) is 29.1 Å². The van der Waals surface area contributed by atoms with E-state index < -0.39 is 0 Å². The molecule has 3 rings (SSSR count). The van der Waals surface area contributed by atoms with Crippen LogP contribution in [0.2, 0.25) is 0 Å². The number of hydrogen-bond acceptors (Lipinski definition) is 6. The minimum absolute atomic E-state index is 0.346. The summed E-state index contributed by atoms with van der Waals surface area (Å²) in [6.07, 6.45) is 0. The van der Waals surface area contributed by atoms with Crippen LogP contribution >= 0.6 is 27.3 Å². The normalized spacial score (nSPS) is 11.0. The van der Waals surface area contributed by atoms with E-state index in [1.54, 1.807) is 11.3 Å². The highest BCUT2D eigenvalue weighted by molar-refractivity contribution is 9.10. The zero-order valence-corrected chi connectivity index (χ0v) is 13.4. The van der Waals surface area contributed by atoms with Gasteiger partial charge in [-0.15, -0.1) is 11.3 Å². The lowest BCUT2D eigenvalue weighted by Gasteiger charge is -2.06. The molecule has 0 unspecified atom stereocenters. The van der Waals surface area contributed by atoms with Gasteiger partial charge in [-0.25, -0.2) is 15.8 Å². The number of rotatable bonds is 5. The quantitative estimate of drug-likeness (QED) is 0.535. The summed E-state index contributed by atoms with van der Waals surface area (Å²) in [6, 6.07) is 9.95. The summed E-state index contributed by atoms with van der Waals surface area (Å²) in [6.45, 7) is 0.864. The van der Waals surface area contributed by atoms with E-state index in [0.29, 0.717) is 24.9 Å². The molecule has 21 heavy (non-hydrogen) atoms. The van der Waals surface area contributed by atoms with Gasteiger partial charge in [0.2, 0.25) is 0 Å². The molecule has 0 aliphatic heterocycles. The van der Waals surface area contributed by atoms with E-state index in [1.807, 2.05) is 35.7 Å². The molecule has 0 bridgehead atoms. The van der Waals surface area contributed by atoms with Crippen LogP contribution in [0.25, 0.3) is 10.2 Å². The smallest absolute Gasteiger partial charge is 0.158 e. The SMILES string of the molecule is NNc1nc(COCc2ccc(Br)cc2)nc2sccc12. The van der Waals surface area contributed by atoms with Crippen LogP contribution in [-0.2, 0) is 18.0 Å². The van der Waals surface area contributed by atoms with Gasteiger partial charge in [0.25, 0.3) is 0 Å². The van der Waals surface area contributed by atoms with Crippen LogP contribution in [0.3, 0.4) is 0 Å². The van der Waals surface area contributed by atoms with Gasteiger partial charge < -0.3 is 10.2 Å². The maximum absolute atomic E-state index is 5.67. The van der Waals surface area contributed by atoms with Crippen LogP contribution in [0.15, 0.2) is 40.2 Å². The van der Waals surface area contributed by atoms with Crippen LogP contribution in [0, 0.1) is 0 Å². The van der Waals surface area contributed by atoms with Gasteiger partial charge in [0.15, 0.2) is 11.6 Å². The van der Waals surface area contributed by atoms with Crippen molar-refractivity contribution in [1.82, 2.24) is 9.97 Å². The molecular formula is C14H13BrN4OS. The first-order valence-corrected chi connectivity index (χ1v) is 7.96. The van der Waals surface area contributed by atoms with E-state index in [4.69, 9.17) is 10.6 Å². The minimum atomic E-state index is 0.346. The second-order valence-electron chi connectivity index (χ2n) is 4.39. The Morgan fingerprint density at radius 1 is 1.14 bits per heavy atom. The fourth-order valence-corrected chi connectivity index (χ4v) is 2.96. The molecule has 0 aliphatic carbocycles. The van der Waals surface area contributed by atoms with Gasteiger partial charge in [-0.3, -0.25) is 0 Å². The number of hydrazine groups is 1. The Kier molecular flexibility index (Phi) is 4.45. The van der Waals surface area contributed by atoms with Gasteiger partial charge in [0, 0.05) is 4.47 Å². The highest BCUT2D eigenvalue weighted by Crippen LogP contribution is 2.24. The molecule has 0 atom stereocenters. The third-order valence-corrected chi connectivity index (χ3v) is 4.26. The molecule has 0 radical (unpaired) electrons. The van der Waals surface area contributed by atoms with Gasteiger partial charge in [0.05, 0.1) is 12.0 Å². The number of halogens is 1. The molecule has 2 heterocycles. The van der Waals surface area contributed by atoms with Crippen LogP contribution in [0.1, 0.15) is 11.4 Å². The van der Waals surface area contributed by atoms with Crippen LogP contribution in [0.5, 0.6) is 0 Å². The van der Waals surface area contributed by atoms with Crippen LogP contribution in [0.4, 0.5) is 5.82 Å². The highest BCUT2D eigenvalue weighted by Gasteiger charge is 2.08. The Morgan fingerprint density at radius 3 is 2.71 bits per heavy atom. The van der Waals surface area contributed by atoms with E-state index in [1.165, 1.54) is 0 Å². The molecule has 0 aliphatic rings. The van der Waals surface area contributed by atoms with E-state index >= 15 is 0 Å². The molecule has 3 aromatic rings. The predicted octanol–water partition coefficient (Wildman–Crippen LogP) is 3.46. The lowest BCUT2D eigenvalue weighted by Crippen LogP contribution is -2.11. The van der Waals surface area contributed by atoms with Crippen LogP contribution in [-0.4, -0.2) is 9.97 Å². The van der Waals surface area contributed by atoms with Crippen molar-refractivity contribution in [2.75, 3.05) is 5.43 Å². The Hall–Kier alpha value is -1.54. The topological polar surface area (TPSA) is 73.1 Å². The summed E-state index contributed by atoms with van der Waals surface area (Å²) < 4.78 is 6.72. The second-order valence-corrected chi connectivity index (χ2v) is 6.20. The van der Waals surface area contributed by atoms with Gasteiger partial charge >= 0.3 is 0 Å². The standard InChI is InChI=1S/C14H13BrN4OS/c15-10-3-1-9(2-4-10)7-20-8-12-17-13(19-16)11-5-6-21-14(11)18-12/h1-6H,7-8,16H2,(H,17,18,19). The summed E-state index contributed by atoms with van der Waals surface area (Å²) in [5.41, 5.74) is 3.71. The van der Waals surface area contributed by atoms with Crippen molar-refractivity contribution < 1.29 is 4.74 Å². The number of hydrogen-bond donors (Lipinski definition) is 2. The molecule has 0 fully saturated rings.